The molecule has 0 N–H and O–H groups in total. The highest BCUT2D eigenvalue weighted by molar-refractivity contribution is 5.83. The van der Waals surface area contributed by atoms with Crippen molar-refractivity contribution in [2.75, 3.05) is 13.2 Å². The molecule has 1 aliphatic heterocycles. The molecule has 2 heterocycles. The van der Waals surface area contributed by atoms with Gasteiger partial charge in [-0.25, -0.2) is 0 Å². The quantitative estimate of drug-likeness (QED) is 0.733. The first-order chi connectivity index (χ1) is 9.68. The molecule has 1 aliphatic rings. The monoisotopic (exact) mass is 285 g/mol. The molecule has 0 saturated carbocycles. The zero-order valence-corrected chi connectivity index (χ0v) is 14.2. The Labute approximate surface area is 128 Å². The molecule has 0 radical (unpaired) electrons. The third-order valence-electron chi connectivity index (χ3n) is 4.46. The lowest BCUT2D eigenvalue weighted by molar-refractivity contribution is -0.0232. The summed E-state index contributed by atoms with van der Waals surface area (Å²) in [6.07, 6.45) is 0. The van der Waals surface area contributed by atoms with Crippen LogP contribution >= 0.6 is 0 Å². The largest absolute Gasteiger partial charge is 0.377 e. The number of nitrogens with zero attached hydrogens (tertiary/aromatic N) is 1. The molecular formula is C19H27NO. The number of aromatic nitrogens is 1. The molecule has 0 atom stereocenters. The second kappa shape index (κ2) is 4.61. The van der Waals surface area contributed by atoms with Crippen LogP contribution in [0.5, 0.6) is 0 Å². The van der Waals surface area contributed by atoms with Crippen molar-refractivity contribution in [2.45, 2.75) is 58.4 Å². The number of ether oxygens (including phenoxy) is 1. The fourth-order valence-electron chi connectivity index (χ4n) is 3.03. The van der Waals surface area contributed by atoms with Gasteiger partial charge in [0.15, 0.2) is 0 Å². The maximum absolute atomic E-state index is 5.45. The molecule has 2 nitrogen and oxygen atoms in total. The van der Waals surface area contributed by atoms with E-state index in [-0.39, 0.29) is 10.8 Å². The highest BCUT2D eigenvalue weighted by Crippen LogP contribution is 2.36. The van der Waals surface area contributed by atoms with Gasteiger partial charge in [-0.3, -0.25) is 0 Å². The Morgan fingerprint density at radius 2 is 1.62 bits per heavy atom. The first-order valence-corrected chi connectivity index (χ1v) is 7.91. The van der Waals surface area contributed by atoms with Crippen LogP contribution in [0.15, 0.2) is 24.3 Å². The lowest BCUT2D eigenvalue weighted by Gasteiger charge is -2.33. The van der Waals surface area contributed by atoms with Crippen LogP contribution in [-0.2, 0) is 15.6 Å². The minimum absolute atomic E-state index is 0.149. The number of rotatable bonds is 1. The zero-order valence-electron chi connectivity index (χ0n) is 14.2. The van der Waals surface area contributed by atoms with Crippen LogP contribution in [0.3, 0.4) is 0 Å². The molecule has 0 spiro atoms. The van der Waals surface area contributed by atoms with Crippen LogP contribution in [0.2, 0.25) is 0 Å². The lowest BCUT2D eigenvalue weighted by Crippen LogP contribution is -2.33. The maximum Gasteiger partial charge on any atom is 0.0806 e. The Kier molecular flexibility index (Phi) is 3.21. The first kappa shape index (κ1) is 14.6. The van der Waals surface area contributed by atoms with E-state index in [1.54, 1.807) is 0 Å². The minimum atomic E-state index is 0.149. The molecule has 0 aliphatic carbocycles. The summed E-state index contributed by atoms with van der Waals surface area (Å²) in [5.41, 5.74) is 4.50. The van der Waals surface area contributed by atoms with Crippen LogP contribution < -0.4 is 0 Å². The molecule has 3 rings (SSSR count). The molecule has 21 heavy (non-hydrogen) atoms. The third-order valence-corrected chi connectivity index (χ3v) is 4.46. The second-order valence-corrected chi connectivity index (χ2v) is 8.36. The number of hydrogen-bond donors (Lipinski definition) is 0. The van der Waals surface area contributed by atoms with Crippen LogP contribution in [0, 0.1) is 0 Å². The van der Waals surface area contributed by atoms with Crippen LogP contribution in [0.1, 0.15) is 58.8 Å². The van der Waals surface area contributed by atoms with E-state index in [1.807, 2.05) is 0 Å². The highest BCUT2D eigenvalue weighted by Gasteiger charge is 2.29. The Balaban J connectivity index is 2.25. The van der Waals surface area contributed by atoms with E-state index in [2.05, 4.69) is 70.4 Å². The molecule has 1 fully saturated rings. The van der Waals surface area contributed by atoms with Gasteiger partial charge in [-0.1, -0.05) is 53.7 Å². The number of benzene rings is 1. The molecule has 2 aromatic rings. The molecule has 2 heteroatoms. The minimum Gasteiger partial charge on any atom is -0.377 e. The molecule has 0 bridgehead atoms. The summed E-state index contributed by atoms with van der Waals surface area (Å²) >= 11 is 0. The highest BCUT2D eigenvalue weighted by atomic mass is 16.5. The van der Waals surface area contributed by atoms with Gasteiger partial charge in [0.2, 0.25) is 0 Å². The normalized spacial score (nSPS) is 17.2. The topological polar surface area (TPSA) is 14.2 Å². The fraction of sp³-hybridized carbons (Fsp3) is 0.579. The van der Waals surface area contributed by atoms with E-state index in [9.17, 15) is 0 Å². The van der Waals surface area contributed by atoms with Crippen molar-refractivity contribution in [2.24, 2.45) is 0 Å². The van der Waals surface area contributed by atoms with Gasteiger partial charge in [-0.15, -0.1) is 0 Å². The first-order valence-electron chi connectivity index (χ1n) is 7.91. The third kappa shape index (κ3) is 2.50. The van der Waals surface area contributed by atoms with Gasteiger partial charge in [-0.2, -0.15) is 0 Å². The summed E-state index contributed by atoms with van der Waals surface area (Å²) in [5.74, 6) is 0. The number of hydrogen-bond acceptors (Lipinski definition) is 1. The van der Waals surface area contributed by atoms with Gasteiger partial charge in [0.1, 0.15) is 0 Å². The van der Waals surface area contributed by atoms with E-state index in [1.165, 1.54) is 22.2 Å². The van der Waals surface area contributed by atoms with Crippen molar-refractivity contribution >= 4 is 10.9 Å². The standard InChI is InChI=1S/C19H27NO/c1-18(2,3)14-8-7-13-9-17(19(4,5)6)20(16(13)10-14)15-11-21-12-15/h7-10,15H,11-12H2,1-6H3. The van der Waals surface area contributed by atoms with Gasteiger partial charge >= 0.3 is 0 Å². The maximum atomic E-state index is 5.45. The van der Waals surface area contributed by atoms with Crippen molar-refractivity contribution in [1.29, 1.82) is 0 Å². The summed E-state index contributed by atoms with van der Waals surface area (Å²) in [4.78, 5) is 0. The zero-order chi connectivity index (χ0) is 15.4. The Hall–Kier alpha value is -1.28. The van der Waals surface area contributed by atoms with Gasteiger partial charge in [0.25, 0.3) is 0 Å². The van der Waals surface area contributed by atoms with Crippen LogP contribution in [-0.4, -0.2) is 17.8 Å². The van der Waals surface area contributed by atoms with E-state index in [4.69, 9.17) is 4.74 Å². The molecule has 0 amide bonds. The summed E-state index contributed by atoms with van der Waals surface area (Å²) < 4.78 is 7.97. The van der Waals surface area contributed by atoms with Crippen molar-refractivity contribution in [3.05, 3.63) is 35.5 Å². The van der Waals surface area contributed by atoms with E-state index >= 15 is 0 Å². The second-order valence-electron chi connectivity index (χ2n) is 8.36. The summed E-state index contributed by atoms with van der Waals surface area (Å²) in [6, 6.07) is 9.78. The predicted molar refractivity (Wildman–Crippen MR) is 89.2 cm³/mol. The van der Waals surface area contributed by atoms with Crippen molar-refractivity contribution in [1.82, 2.24) is 4.57 Å². The molecule has 1 aromatic carbocycles. The molecule has 114 valence electrons. The SMILES string of the molecule is CC(C)(C)c1ccc2cc(C(C)(C)C)n(C3COC3)c2c1. The smallest absolute Gasteiger partial charge is 0.0806 e. The lowest BCUT2D eigenvalue weighted by atomic mass is 9.86. The Morgan fingerprint density at radius 1 is 0.952 bits per heavy atom. The van der Waals surface area contributed by atoms with Gasteiger partial charge < -0.3 is 9.30 Å². The number of fused-ring (bicyclic) bond motifs is 1. The van der Waals surface area contributed by atoms with E-state index in [0.29, 0.717) is 6.04 Å². The Morgan fingerprint density at radius 3 is 2.10 bits per heavy atom. The van der Waals surface area contributed by atoms with Gasteiger partial charge in [-0.05, 0) is 28.5 Å². The molecule has 1 saturated heterocycles. The van der Waals surface area contributed by atoms with Crippen molar-refractivity contribution < 1.29 is 4.74 Å². The summed E-state index contributed by atoms with van der Waals surface area (Å²) in [5, 5.41) is 1.35. The van der Waals surface area contributed by atoms with Gasteiger partial charge in [0.05, 0.1) is 19.3 Å². The Bertz CT molecular complexity index is 663. The fourth-order valence-corrected chi connectivity index (χ4v) is 3.03. The molecule has 0 unspecified atom stereocenters. The van der Waals surface area contributed by atoms with Crippen LogP contribution in [0.25, 0.3) is 10.9 Å². The average molecular weight is 285 g/mol. The average Bonchev–Trinajstić information content (AvgIpc) is 2.64. The van der Waals surface area contributed by atoms with Gasteiger partial charge in [0, 0.05) is 16.6 Å². The van der Waals surface area contributed by atoms with E-state index < -0.39 is 0 Å². The van der Waals surface area contributed by atoms with Crippen LogP contribution in [0.4, 0.5) is 0 Å². The van der Waals surface area contributed by atoms with E-state index in [0.717, 1.165) is 13.2 Å². The van der Waals surface area contributed by atoms with Crippen molar-refractivity contribution in [3.63, 3.8) is 0 Å². The van der Waals surface area contributed by atoms with Crippen molar-refractivity contribution in [3.8, 4) is 0 Å². The predicted octanol–water partition coefficient (Wildman–Crippen LogP) is 4.81. The molecular weight excluding hydrogens is 258 g/mol. The molecule has 1 aromatic heterocycles. The summed E-state index contributed by atoms with van der Waals surface area (Å²) in [7, 11) is 0. The summed E-state index contributed by atoms with van der Waals surface area (Å²) in [6.45, 7) is 15.4.